The minimum Gasteiger partial charge on any atom is -0.318 e. The molecule has 0 fully saturated rings. The summed E-state index contributed by atoms with van der Waals surface area (Å²) >= 11 is 0. The lowest BCUT2D eigenvalue weighted by Gasteiger charge is -2.22. The average Bonchev–Trinajstić information content (AvgIpc) is 2.24. The highest BCUT2D eigenvalue weighted by atomic mass is 16.1. The second-order valence-corrected chi connectivity index (χ2v) is 5.47. The first-order chi connectivity index (χ1) is 6.98. The molecular formula is C13H19NO. The SMILES string of the molecule is Cn1cc2c(cc1=O)CCCC(C)(C)C2. The molecule has 0 aliphatic heterocycles. The van der Waals surface area contributed by atoms with Gasteiger partial charge in [0.1, 0.15) is 0 Å². The molecule has 0 bridgehead atoms. The van der Waals surface area contributed by atoms with Crippen LogP contribution in [0.5, 0.6) is 0 Å². The molecule has 0 N–H and O–H groups in total. The molecule has 0 amide bonds. The summed E-state index contributed by atoms with van der Waals surface area (Å²) in [6, 6.07) is 1.82. The monoisotopic (exact) mass is 205 g/mol. The highest BCUT2D eigenvalue weighted by Crippen LogP contribution is 2.32. The van der Waals surface area contributed by atoms with Crippen molar-refractivity contribution in [1.29, 1.82) is 0 Å². The van der Waals surface area contributed by atoms with Crippen LogP contribution >= 0.6 is 0 Å². The van der Waals surface area contributed by atoms with E-state index < -0.39 is 0 Å². The Hall–Kier alpha value is -1.05. The number of aryl methyl sites for hydroxylation is 2. The Kier molecular flexibility index (Phi) is 2.45. The molecular weight excluding hydrogens is 186 g/mol. The van der Waals surface area contributed by atoms with Gasteiger partial charge in [-0.2, -0.15) is 0 Å². The van der Waals surface area contributed by atoms with E-state index in [9.17, 15) is 4.79 Å². The Labute approximate surface area is 90.9 Å². The van der Waals surface area contributed by atoms with E-state index in [1.165, 1.54) is 24.0 Å². The van der Waals surface area contributed by atoms with Gasteiger partial charge < -0.3 is 4.57 Å². The quantitative estimate of drug-likeness (QED) is 0.596. The molecule has 15 heavy (non-hydrogen) atoms. The molecule has 82 valence electrons. The highest BCUT2D eigenvalue weighted by molar-refractivity contribution is 5.26. The first-order valence-electron chi connectivity index (χ1n) is 5.66. The van der Waals surface area contributed by atoms with Gasteiger partial charge in [0.15, 0.2) is 0 Å². The van der Waals surface area contributed by atoms with Crippen LogP contribution in [0.25, 0.3) is 0 Å². The van der Waals surface area contributed by atoms with E-state index in [0.29, 0.717) is 5.41 Å². The molecule has 1 aromatic rings. The van der Waals surface area contributed by atoms with Crippen LogP contribution in [-0.4, -0.2) is 4.57 Å². The lowest BCUT2D eigenvalue weighted by Crippen LogP contribution is -2.19. The fourth-order valence-electron chi connectivity index (χ4n) is 2.48. The summed E-state index contributed by atoms with van der Waals surface area (Å²) in [5, 5.41) is 0. The zero-order valence-electron chi connectivity index (χ0n) is 9.84. The molecule has 1 aliphatic carbocycles. The molecule has 0 radical (unpaired) electrons. The maximum Gasteiger partial charge on any atom is 0.250 e. The second-order valence-electron chi connectivity index (χ2n) is 5.47. The zero-order valence-corrected chi connectivity index (χ0v) is 9.84. The van der Waals surface area contributed by atoms with E-state index in [0.717, 1.165) is 12.8 Å². The van der Waals surface area contributed by atoms with Crippen LogP contribution < -0.4 is 5.56 Å². The van der Waals surface area contributed by atoms with E-state index >= 15 is 0 Å². The van der Waals surface area contributed by atoms with Crippen molar-refractivity contribution in [3.63, 3.8) is 0 Å². The van der Waals surface area contributed by atoms with Crippen molar-refractivity contribution >= 4 is 0 Å². The van der Waals surface area contributed by atoms with E-state index in [1.807, 2.05) is 19.3 Å². The lowest BCUT2D eigenvalue weighted by atomic mass is 9.84. The predicted octanol–water partition coefficient (Wildman–Crippen LogP) is 2.29. The summed E-state index contributed by atoms with van der Waals surface area (Å²) in [4.78, 5) is 11.5. The van der Waals surface area contributed by atoms with E-state index in [2.05, 4.69) is 13.8 Å². The van der Waals surface area contributed by atoms with Gasteiger partial charge in [-0.25, -0.2) is 0 Å². The van der Waals surface area contributed by atoms with Gasteiger partial charge >= 0.3 is 0 Å². The number of pyridine rings is 1. The summed E-state index contributed by atoms with van der Waals surface area (Å²) in [6.07, 6.45) is 6.63. The number of hydrogen-bond donors (Lipinski definition) is 0. The van der Waals surface area contributed by atoms with Gasteiger partial charge in [0.05, 0.1) is 0 Å². The molecule has 0 saturated carbocycles. The molecule has 2 rings (SSSR count). The van der Waals surface area contributed by atoms with Crippen molar-refractivity contribution in [3.05, 3.63) is 33.7 Å². The summed E-state index contributed by atoms with van der Waals surface area (Å²) in [5.74, 6) is 0. The molecule has 2 heteroatoms. The van der Waals surface area contributed by atoms with Gasteiger partial charge in [0, 0.05) is 19.3 Å². The molecule has 2 nitrogen and oxygen atoms in total. The lowest BCUT2D eigenvalue weighted by molar-refractivity contribution is 0.332. The largest absolute Gasteiger partial charge is 0.318 e. The molecule has 0 aromatic carbocycles. The van der Waals surface area contributed by atoms with Crippen LogP contribution in [0.15, 0.2) is 17.1 Å². The van der Waals surface area contributed by atoms with Gasteiger partial charge in [-0.05, 0) is 42.2 Å². The van der Waals surface area contributed by atoms with Crippen LogP contribution in [0.4, 0.5) is 0 Å². The summed E-state index contributed by atoms with van der Waals surface area (Å²) in [7, 11) is 1.83. The van der Waals surface area contributed by atoms with Crippen molar-refractivity contribution in [1.82, 2.24) is 4.57 Å². The second kappa shape index (κ2) is 3.51. The van der Waals surface area contributed by atoms with Crippen molar-refractivity contribution < 1.29 is 0 Å². The van der Waals surface area contributed by atoms with Crippen molar-refractivity contribution in [2.24, 2.45) is 12.5 Å². The standard InChI is InChI=1S/C13H19NO/c1-13(2)6-4-5-10-7-12(15)14(3)9-11(10)8-13/h7,9H,4-6,8H2,1-3H3. The van der Waals surface area contributed by atoms with Crippen LogP contribution in [-0.2, 0) is 19.9 Å². The van der Waals surface area contributed by atoms with Gasteiger partial charge in [-0.3, -0.25) is 4.79 Å². The molecule has 0 saturated heterocycles. The Morgan fingerprint density at radius 2 is 2.07 bits per heavy atom. The molecule has 1 aromatic heterocycles. The van der Waals surface area contributed by atoms with E-state index in [1.54, 1.807) is 4.57 Å². The third kappa shape index (κ3) is 2.14. The zero-order chi connectivity index (χ0) is 11.1. The van der Waals surface area contributed by atoms with Crippen LogP contribution in [0, 0.1) is 5.41 Å². The number of fused-ring (bicyclic) bond motifs is 1. The predicted molar refractivity (Wildman–Crippen MR) is 62.1 cm³/mol. The van der Waals surface area contributed by atoms with Gasteiger partial charge in [-0.1, -0.05) is 13.8 Å². The Morgan fingerprint density at radius 3 is 2.80 bits per heavy atom. The Bertz CT molecular complexity index is 429. The van der Waals surface area contributed by atoms with Crippen LogP contribution in [0.1, 0.15) is 37.8 Å². The number of rotatable bonds is 0. The molecule has 0 spiro atoms. The summed E-state index contributed by atoms with van der Waals surface area (Å²) < 4.78 is 1.69. The number of nitrogens with zero attached hydrogens (tertiary/aromatic N) is 1. The van der Waals surface area contributed by atoms with E-state index in [-0.39, 0.29) is 5.56 Å². The van der Waals surface area contributed by atoms with Crippen LogP contribution in [0.2, 0.25) is 0 Å². The Balaban J connectivity index is 2.48. The third-order valence-corrected chi connectivity index (χ3v) is 3.38. The van der Waals surface area contributed by atoms with Crippen LogP contribution in [0.3, 0.4) is 0 Å². The van der Waals surface area contributed by atoms with Crippen molar-refractivity contribution in [2.75, 3.05) is 0 Å². The van der Waals surface area contributed by atoms with Crippen molar-refractivity contribution in [3.8, 4) is 0 Å². The number of aromatic nitrogens is 1. The third-order valence-electron chi connectivity index (χ3n) is 3.38. The van der Waals surface area contributed by atoms with Gasteiger partial charge in [-0.15, -0.1) is 0 Å². The van der Waals surface area contributed by atoms with Gasteiger partial charge in [0.2, 0.25) is 0 Å². The van der Waals surface area contributed by atoms with Crippen molar-refractivity contribution in [2.45, 2.75) is 39.5 Å². The molecule has 0 unspecified atom stereocenters. The molecule has 1 aliphatic rings. The minimum absolute atomic E-state index is 0.119. The minimum atomic E-state index is 0.119. The molecule has 0 atom stereocenters. The highest BCUT2D eigenvalue weighted by Gasteiger charge is 2.23. The van der Waals surface area contributed by atoms with Gasteiger partial charge in [0.25, 0.3) is 5.56 Å². The topological polar surface area (TPSA) is 22.0 Å². The fraction of sp³-hybridized carbons (Fsp3) is 0.615. The normalized spacial score (nSPS) is 19.4. The average molecular weight is 205 g/mol. The fourth-order valence-corrected chi connectivity index (χ4v) is 2.48. The summed E-state index contributed by atoms with van der Waals surface area (Å²) in [5.41, 5.74) is 3.12. The molecule has 1 heterocycles. The van der Waals surface area contributed by atoms with E-state index in [4.69, 9.17) is 0 Å². The summed E-state index contributed by atoms with van der Waals surface area (Å²) in [6.45, 7) is 4.63. The maximum absolute atomic E-state index is 11.5. The smallest absolute Gasteiger partial charge is 0.250 e. The Morgan fingerprint density at radius 1 is 1.33 bits per heavy atom. The number of hydrogen-bond acceptors (Lipinski definition) is 1. The first-order valence-corrected chi connectivity index (χ1v) is 5.66. The maximum atomic E-state index is 11.5. The first kappa shape index (κ1) is 10.5.